The Morgan fingerprint density at radius 3 is 2.58 bits per heavy atom. The van der Waals surface area contributed by atoms with Gasteiger partial charge in [-0.1, -0.05) is 26.2 Å². The normalized spacial score (nSPS) is 37.8. The minimum Gasteiger partial charge on any atom is -0.303 e. The van der Waals surface area contributed by atoms with Gasteiger partial charge in [-0.2, -0.15) is 0 Å². The average Bonchev–Trinajstić information content (AvgIpc) is 2.17. The molecule has 0 aromatic rings. The molecule has 2 aliphatic rings. The summed E-state index contributed by atoms with van der Waals surface area (Å²) in [6, 6.07) is 0. The van der Waals surface area contributed by atoms with E-state index in [1.807, 2.05) is 0 Å². The van der Waals surface area contributed by atoms with Crippen LogP contribution in [0, 0.1) is 11.8 Å². The highest BCUT2D eigenvalue weighted by atomic mass is 15.1. The molecule has 0 spiro atoms. The van der Waals surface area contributed by atoms with E-state index < -0.39 is 0 Å². The van der Waals surface area contributed by atoms with Crippen LogP contribution in [0.2, 0.25) is 0 Å². The molecule has 1 aliphatic carbocycles. The first-order valence-corrected chi connectivity index (χ1v) is 5.62. The van der Waals surface area contributed by atoms with E-state index in [-0.39, 0.29) is 0 Å². The first-order chi connectivity index (χ1) is 5.90. The van der Waals surface area contributed by atoms with Crippen LogP contribution < -0.4 is 0 Å². The molecule has 0 radical (unpaired) electrons. The van der Waals surface area contributed by atoms with Gasteiger partial charge in [-0.3, -0.25) is 0 Å². The van der Waals surface area contributed by atoms with Gasteiger partial charge in [0.2, 0.25) is 0 Å². The molecule has 0 N–H and O–H groups in total. The highest BCUT2D eigenvalue weighted by molar-refractivity contribution is 4.82. The molecule has 12 heavy (non-hydrogen) atoms. The fourth-order valence-electron chi connectivity index (χ4n) is 2.96. The molecule has 1 aliphatic heterocycles. The van der Waals surface area contributed by atoms with Crippen LogP contribution >= 0.6 is 0 Å². The molecule has 70 valence electrons. The molecule has 1 saturated carbocycles. The van der Waals surface area contributed by atoms with E-state index in [1.54, 1.807) is 0 Å². The van der Waals surface area contributed by atoms with Crippen LogP contribution in [-0.4, -0.2) is 24.5 Å². The van der Waals surface area contributed by atoms with Gasteiger partial charge in [-0.15, -0.1) is 0 Å². The zero-order valence-electron chi connectivity index (χ0n) is 8.26. The molecule has 1 heterocycles. The summed E-state index contributed by atoms with van der Waals surface area (Å²) in [6.45, 7) is 6.34. The maximum atomic E-state index is 2.63. The van der Waals surface area contributed by atoms with Crippen LogP contribution in [0.5, 0.6) is 0 Å². The molecular weight excluding hydrogens is 146 g/mol. The summed E-state index contributed by atoms with van der Waals surface area (Å²) in [5.41, 5.74) is 0. The SMILES string of the molecule is CCN1CC[C@@H]2CCCCC2C1. The third-order valence-electron chi connectivity index (χ3n) is 3.82. The Hall–Kier alpha value is -0.0400. The quantitative estimate of drug-likeness (QED) is 0.580. The Morgan fingerprint density at radius 1 is 1.08 bits per heavy atom. The van der Waals surface area contributed by atoms with Crippen LogP contribution in [0.15, 0.2) is 0 Å². The molecule has 0 aromatic heterocycles. The standard InChI is InChI=1S/C11H21N/c1-2-12-8-7-10-5-3-4-6-11(10)9-12/h10-11H,2-9H2,1H3/t10-,11?/m0/s1. The minimum absolute atomic E-state index is 1.06. The predicted molar refractivity (Wildman–Crippen MR) is 52.2 cm³/mol. The Morgan fingerprint density at radius 2 is 1.83 bits per heavy atom. The minimum atomic E-state index is 1.06. The molecule has 1 nitrogen and oxygen atoms in total. The lowest BCUT2D eigenvalue weighted by Crippen LogP contribution is -2.41. The van der Waals surface area contributed by atoms with E-state index in [4.69, 9.17) is 0 Å². The molecule has 1 unspecified atom stereocenters. The highest BCUT2D eigenvalue weighted by Crippen LogP contribution is 2.35. The van der Waals surface area contributed by atoms with E-state index in [0.717, 1.165) is 11.8 Å². The van der Waals surface area contributed by atoms with E-state index in [2.05, 4.69) is 11.8 Å². The van der Waals surface area contributed by atoms with E-state index >= 15 is 0 Å². The van der Waals surface area contributed by atoms with Crippen molar-refractivity contribution in [2.24, 2.45) is 11.8 Å². The van der Waals surface area contributed by atoms with Gasteiger partial charge >= 0.3 is 0 Å². The largest absolute Gasteiger partial charge is 0.303 e. The molecule has 1 heteroatoms. The van der Waals surface area contributed by atoms with Gasteiger partial charge in [-0.05, 0) is 37.8 Å². The number of likely N-dealkylation sites (tertiary alicyclic amines) is 1. The lowest BCUT2D eigenvalue weighted by Gasteiger charge is -2.40. The van der Waals surface area contributed by atoms with Gasteiger partial charge in [-0.25, -0.2) is 0 Å². The van der Waals surface area contributed by atoms with Gasteiger partial charge < -0.3 is 4.90 Å². The first kappa shape index (κ1) is 8.55. The van der Waals surface area contributed by atoms with E-state index in [9.17, 15) is 0 Å². The van der Waals surface area contributed by atoms with Crippen molar-refractivity contribution in [1.82, 2.24) is 4.90 Å². The van der Waals surface area contributed by atoms with Gasteiger partial charge in [0, 0.05) is 6.54 Å². The molecule has 2 fully saturated rings. The summed E-state index contributed by atoms with van der Waals surface area (Å²) in [5, 5.41) is 0. The molecule has 2 atom stereocenters. The van der Waals surface area contributed by atoms with Crippen molar-refractivity contribution in [3.05, 3.63) is 0 Å². The van der Waals surface area contributed by atoms with Crippen molar-refractivity contribution in [3.8, 4) is 0 Å². The van der Waals surface area contributed by atoms with E-state index in [0.29, 0.717) is 0 Å². The second kappa shape index (κ2) is 3.78. The lowest BCUT2D eigenvalue weighted by molar-refractivity contribution is 0.0908. The van der Waals surface area contributed by atoms with Gasteiger partial charge in [0.1, 0.15) is 0 Å². The summed E-state index contributed by atoms with van der Waals surface area (Å²) in [7, 11) is 0. The maximum Gasteiger partial charge on any atom is 0.00122 e. The molecule has 0 amide bonds. The average molecular weight is 167 g/mol. The van der Waals surface area contributed by atoms with Crippen LogP contribution in [0.4, 0.5) is 0 Å². The highest BCUT2D eigenvalue weighted by Gasteiger charge is 2.30. The van der Waals surface area contributed by atoms with Crippen molar-refractivity contribution in [3.63, 3.8) is 0 Å². The number of fused-ring (bicyclic) bond motifs is 1. The fraction of sp³-hybridized carbons (Fsp3) is 1.00. The summed E-state index contributed by atoms with van der Waals surface area (Å²) in [6.07, 6.45) is 7.54. The summed E-state index contributed by atoms with van der Waals surface area (Å²) in [4.78, 5) is 2.63. The Labute approximate surface area is 76.1 Å². The fourth-order valence-corrected chi connectivity index (χ4v) is 2.96. The second-order valence-corrected chi connectivity index (χ2v) is 4.49. The summed E-state index contributed by atoms with van der Waals surface area (Å²) >= 11 is 0. The van der Waals surface area contributed by atoms with Crippen molar-refractivity contribution >= 4 is 0 Å². The van der Waals surface area contributed by atoms with E-state index in [1.165, 1.54) is 51.7 Å². The lowest BCUT2D eigenvalue weighted by atomic mass is 9.75. The van der Waals surface area contributed by atoms with Crippen molar-refractivity contribution < 1.29 is 0 Å². The Balaban J connectivity index is 1.90. The first-order valence-electron chi connectivity index (χ1n) is 5.62. The molecule has 0 aromatic carbocycles. The Kier molecular flexibility index (Phi) is 2.69. The number of hydrogen-bond donors (Lipinski definition) is 0. The summed E-state index contributed by atoms with van der Waals surface area (Å²) in [5.74, 6) is 2.16. The van der Waals surface area contributed by atoms with Crippen LogP contribution in [0.25, 0.3) is 0 Å². The third kappa shape index (κ3) is 1.66. The number of piperidine rings is 1. The number of rotatable bonds is 1. The zero-order chi connectivity index (χ0) is 8.39. The van der Waals surface area contributed by atoms with Crippen LogP contribution in [0.1, 0.15) is 39.0 Å². The van der Waals surface area contributed by atoms with Crippen molar-refractivity contribution in [2.75, 3.05) is 19.6 Å². The molecular formula is C11H21N. The molecule has 2 rings (SSSR count). The second-order valence-electron chi connectivity index (χ2n) is 4.49. The van der Waals surface area contributed by atoms with Crippen LogP contribution in [0.3, 0.4) is 0 Å². The van der Waals surface area contributed by atoms with Gasteiger partial charge in [0.15, 0.2) is 0 Å². The molecule has 0 bridgehead atoms. The monoisotopic (exact) mass is 167 g/mol. The molecule has 1 saturated heterocycles. The Bertz CT molecular complexity index is 144. The smallest absolute Gasteiger partial charge is 0.00122 e. The van der Waals surface area contributed by atoms with Crippen LogP contribution in [-0.2, 0) is 0 Å². The van der Waals surface area contributed by atoms with Crippen molar-refractivity contribution in [1.29, 1.82) is 0 Å². The van der Waals surface area contributed by atoms with Gasteiger partial charge in [0.05, 0.1) is 0 Å². The van der Waals surface area contributed by atoms with Gasteiger partial charge in [0.25, 0.3) is 0 Å². The predicted octanol–water partition coefficient (Wildman–Crippen LogP) is 2.52. The van der Waals surface area contributed by atoms with Crippen molar-refractivity contribution in [2.45, 2.75) is 39.0 Å². The number of hydrogen-bond acceptors (Lipinski definition) is 1. The maximum absolute atomic E-state index is 2.63. The summed E-state index contributed by atoms with van der Waals surface area (Å²) < 4.78 is 0. The topological polar surface area (TPSA) is 3.24 Å². The number of nitrogens with zero attached hydrogens (tertiary/aromatic N) is 1. The zero-order valence-corrected chi connectivity index (χ0v) is 8.26. The third-order valence-corrected chi connectivity index (χ3v) is 3.82.